The Balaban J connectivity index is 1.70. The van der Waals surface area contributed by atoms with E-state index in [1.54, 1.807) is 12.3 Å². The van der Waals surface area contributed by atoms with Crippen LogP contribution in [0.25, 0.3) is 0 Å². The molecular formula is C19H21ClN2O2. The normalized spacial score (nSPS) is 20.9. The Morgan fingerprint density at radius 3 is 2.79 bits per heavy atom. The highest BCUT2D eigenvalue weighted by Gasteiger charge is 2.30. The number of aliphatic hydroxyl groups is 1. The Hall–Kier alpha value is -1.91. The summed E-state index contributed by atoms with van der Waals surface area (Å²) in [5.41, 5.74) is 2.61. The molecule has 0 bridgehead atoms. The summed E-state index contributed by atoms with van der Waals surface area (Å²) in [7, 11) is 0. The molecule has 5 heteroatoms. The second-order valence-corrected chi connectivity index (χ2v) is 6.82. The van der Waals surface area contributed by atoms with E-state index >= 15 is 0 Å². The number of piperidine rings is 1. The number of likely N-dealkylation sites (tertiary alicyclic amines) is 1. The zero-order valence-corrected chi connectivity index (χ0v) is 14.4. The Morgan fingerprint density at radius 1 is 1.33 bits per heavy atom. The summed E-state index contributed by atoms with van der Waals surface area (Å²) in [4.78, 5) is 18.7. The maximum Gasteiger partial charge on any atom is 0.253 e. The predicted molar refractivity (Wildman–Crippen MR) is 94.1 cm³/mol. The zero-order valence-electron chi connectivity index (χ0n) is 13.7. The lowest BCUT2D eigenvalue weighted by Crippen LogP contribution is -2.46. The van der Waals surface area contributed by atoms with Crippen molar-refractivity contribution in [2.75, 3.05) is 13.1 Å². The lowest BCUT2D eigenvalue weighted by molar-refractivity contribution is 0.0241. The van der Waals surface area contributed by atoms with E-state index in [4.69, 9.17) is 11.6 Å². The molecule has 24 heavy (non-hydrogen) atoms. The Kier molecular flexibility index (Phi) is 5.17. The van der Waals surface area contributed by atoms with Gasteiger partial charge in [-0.15, -0.1) is 0 Å². The van der Waals surface area contributed by atoms with Gasteiger partial charge in [0.05, 0.1) is 6.10 Å². The van der Waals surface area contributed by atoms with Crippen molar-refractivity contribution in [3.63, 3.8) is 0 Å². The molecule has 1 saturated heterocycles. The summed E-state index contributed by atoms with van der Waals surface area (Å²) in [5, 5.41) is 11.0. The van der Waals surface area contributed by atoms with E-state index in [-0.39, 0.29) is 17.9 Å². The van der Waals surface area contributed by atoms with Gasteiger partial charge in [-0.1, -0.05) is 23.7 Å². The smallest absolute Gasteiger partial charge is 0.253 e. The molecule has 1 fully saturated rings. The number of rotatable bonds is 3. The van der Waals surface area contributed by atoms with Crippen LogP contribution in [-0.4, -0.2) is 40.1 Å². The molecule has 3 rings (SSSR count). The number of hydrogen-bond acceptors (Lipinski definition) is 3. The van der Waals surface area contributed by atoms with Gasteiger partial charge in [0.15, 0.2) is 0 Å². The van der Waals surface area contributed by atoms with Crippen LogP contribution in [0.2, 0.25) is 5.02 Å². The summed E-state index contributed by atoms with van der Waals surface area (Å²) in [6, 6.07) is 11.2. The van der Waals surface area contributed by atoms with Crippen molar-refractivity contribution in [1.29, 1.82) is 0 Å². The van der Waals surface area contributed by atoms with Crippen LogP contribution in [0.3, 0.4) is 0 Å². The Bertz CT molecular complexity index is 718. The monoisotopic (exact) mass is 344 g/mol. The molecule has 0 unspecified atom stereocenters. The molecule has 1 amide bonds. The maximum atomic E-state index is 12.7. The number of amides is 1. The third-order valence-electron chi connectivity index (χ3n) is 4.54. The highest BCUT2D eigenvalue weighted by Crippen LogP contribution is 2.23. The quantitative estimate of drug-likeness (QED) is 0.930. The number of halogens is 1. The van der Waals surface area contributed by atoms with Crippen molar-refractivity contribution in [3.05, 3.63) is 64.4 Å². The molecule has 0 saturated carbocycles. The highest BCUT2D eigenvalue weighted by molar-refractivity contribution is 6.30. The number of aliphatic hydroxyl groups excluding tert-OH is 1. The molecule has 1 aromatic heterocycles. The van der Waals surface area contributed by atoms with Gasteiger partial charge in [-0.3, -0.25) is 9.78 Å². The van der Waals surface area contributed by atoms with Gasteiger partial charge < -0.3 is 10.0 Å². The number of nitrogens with zero attached hydrogens (tertiary/aromatic N) is 2. The van der Waals surface area contributed by atoms with Crippen molar-refractivity contribution in [2.45, 2.75) is 25.9 Å². The van der Waals surface area contributed by atoms with Crippen LogP contribution in [0.4, 0.5) is 0 Å². The van der Waals surface area contributed by atoms with Gasteiger partial charge in [0.2, 0.25) is 0 Å². The van der Waals surface area contributed by atoms with E-state index in [9.17, 15) is 9.90 Å². The first-order valence-electron chi connectivity index (χ1n) is 8.17. The van der Waals surface area contributed by atoms with E-state index in [2.05, 4.69) is 4.98 Å². The van der Waals surface area contributed by atoms with Crippen LogP contribution in [0, 0.1) is 12.8 Å². The number of aromatic nitrogens is 1. The molecule has 126 valence electrons. The third kappa shape index (κ3) is 3.94. The minimum atomic E-state index is -0.385. The number of benzene rings is 1. The average molecular weight is 345 g/mol. The lowest BCUT2D eigenvalue weighted by Gasteiger charge is -2.36. The average Bonchev–Trinajstić information content (AvgIpc) is 2.58. The van der Waals surface area contributed by atoms with Crippen LogP contribution in [-0.2, 0) is 6.42 Å². The van der Waals surface area contributed by atoms with E-state index in [0.29, 0.717) is 30.1 Å². The molecule has 2 atom stereocenters. The zero-order chi connectivity index (χ0) is 17.1. The van der Waals surface area contributed by atoms with Crippen LogP contribution in [0.5, 0.6) is 0 Å². The summed E-state index contributed by atoms with van der Waals surface area (Å²) in [5.74, 6) is 0.0420. The maximum absolute atomic E-state index is 12.7. The number of hydrogen-bond donors (Lipinski definition) is 1. The number of carbonyl (C=O) groups is 1. The van der Waals surface area contributed by atoms with Gasteiger partial charge in [-0.2, -0.15) is 0 Å². The summed E-state index contributed by atoms with van der Waals surface area (Å²) >= 11 is 5.92. The van der Waals surface area contributed by atoms with Crippen LogP contribution in [0.15, 0.2) is 42.6 Å². The molecule has 0 spiro atoms. The highest BCUT2D eigenvalue weighted by atomic mass is 35.5. The topological polar surface area (TPSA) is 53.4 Å². The van der Waals surface area contributed by atoms with Crippen LogP contribution >= 0.6 is 11.6 Å². The van der Waals surface area contributed by atoms with Gasteiger partial charge in [0.25, 0.3) is 5.91 Å². The second-order valence-electron chi connectivity index (χ2n) is 6.38. The van der Waals surface area contributed by atoms with Gasteiger partial charge in [-0.25, -0.2) is 0 Å². The predicted octanol–water partition coefficient (Wildman–Crippen LogP) is 3.11. The van der Waals surface area contributed by atoms with Crippen molar-refractivity contribution in [1.82, 2.24) is 9.88 Å². The van der Waals surface area contributed by atoms with Gasteiger partial charge >= 0.3 is 0 Å². The van der Waals surface area contributed by atoms with E-state index in [1.165, 1.54) is 0 Å². The summed E-state index contributed by atoms with van der Waals surface area (Å²) in [6.07, 6.45) is 2.61. The second kappa shape index (κ2) is 7.32. The van der Waals surface area contributed by atoms with E-state index < -0.39 is 0 Å². The first-order chi connectivity index (χ1) is 11.5. The largest absolute Gasteiger partial charge is 0.393 e. The Labute approximate surface area is 147 Å². The first-order valence-corrected chi connectivity index (χ1v) is 8.55. The fourth-order valence-corrected chi connectivity index (χ4v) is 3.32. The van der Waals surface area contributed by atoms with Crippen LogP contribution < -0.4 is 0 Å². The minimum Gasteiger partial charge on any atom is -0.393 e. The van der Waals surface area contributed by atoms with Gasteiger partial charge in [0, 0.05) is 41.5 Å². The number of carbonyl (C=O) groups excluding carboxylic acids is 1. The fourth-order valence-electron chi connectivity index (χ4n) is 3.19. The fraction of sp³-hybridized carbons (Fsp3) is 0.368. The molecule has 0 radical (unpaired) electrons. The third-order valence-corrected chi connectivity index (χ3v) is 4.79. The molecular weight excluding hydrogens is 324 g/mol. The molecule has 0 aliphatic carbocycles. The SMILES string of the molecule is Cc1cc(C(=O)N2CC[C@@H](O)[C@H](Cc3ccc(Cl)cc3)C2)ccn1. The summed E-state index contributed by atoms with van der Waals surface area (Å²) < 4.78 is 0. The molecule has 1 aliphatic heterocycles. The van der Waals surface area contributed by atoms with Gasteiger partial charge in [-0.05, 0) is 49.6 Å². The van der Waals surface area contributed by atoms with Crippen LogP contribution in [0.1, 0.15) is 28.0 Å². The molecule has 4 nitrogen and oxygen atoms in total. The first kappa shape index (κ1) is 16.9. The van der Waals surface area contributed by atoms with Gasteiger partial charge in [0.1, 0.15) is 0 Å². The number of pyridine rings is 1. The van der Waals surface area contributed by atoms with E-state index in [1.807, 2.05) is 42.2 Å². The molecule has 1 aromatic carbocycles. The molecule has 1 N–H and O–H groups in total. The lowest BCUT2D eigenvalue weighted by atomic mass is 9.88. The molecule has 1 aliphatic rings. The summed E-state index contributed by atoms with van der Waals surface area (Å²) in [6.45, 7) is 3.02. The van der Waals surface area contributed by atoms with E-state index in [0.717, 1.165) is 17.7 Å². The molecule has 2 heterocycles. The van der Waals surface area contributed by atoms with Crippen molar-refractivity contribution >= 4 is 17.5 Å². The molecule has 2 aromatic rings. The minimum absolute atomic E-state index is 0.00788. The standard InChI is InChI=1S/C19H21ClN2O2/c1-13-10-15(6-8-21-13)19(24)22-9-7-18(23)16(12-22)11-14-2-4-17(20)5-3-14/h2-6,8,10,16,18,23H,7,9,11-12H2,1H3/t16-,18-/m1/s1. The van der Waals surface area contributed by atoms with Crippen molar-refractivity contribution < 1.29 is 9.90 Å². The number of aryl methyl sites for hydroxylation is 1. The Morgan fingerprint density at radius 2 is 2.08 bits per heavy atom. The van der Waals surface area contributed by atoms with Crippen molar-refractivity contribution in [2.24, 2.45) is 5.92 Å². The van der Waals surface area contributed by atoms with Crippen molar-refractivity contribution in [3.8, 4) is 0 Å².